The molecule has 0 spiro atoms. The van der Waals surface area contributed by atoms with Crippen LogP contribution in [0, 0.1) is 24.3 Å². The number of halogens is 2. The van der Waals surface area contributed by atoms with E-state index in [4.69, 9.17) is 0 Å². The van der Waals surface area contributed by atoms with Crippen LogP contribution in [-0.4, -0.2) is 0 Å². The van der Waals surface area contributed by atoms with Gasteiger partial charge >= 0.3 is 26.2 Å². The summed E-state index contributed by atoms with van der Waals surface area (Å²) in [5.74, 6) is 0. The smallest absolute Gasteiger partial charge is 0.273 e. The van der Waals surface area contributed by atoms with Crippen LogP contribution < -0.4 is 0 Å². The van der Waals surface area contributed by atoms with Crippen molar-refractivity contribution in [3.63, 3.8) is 0 Å². The van der Waals surface area contributed by atoms with Gasteiger partial charge in [0.15, 0.2) is 0 Å². The van der Waals surface area contributed by atoms with Gasteiger partial charge in [-0.25, -0.2) is 48.6 Å². The van der Waals surface area contributed by atoms with Crippen LogP contribution in [0.5, 0.6) is 0 Å². The number of hydrogen-bond acceptors (Lipinski definition) is 0. The second-order valence-electron chi connectivity index (χ2n) is 4.01. The third kappa shape index (κ3) is 21.4. The summed E-state index contributed by atoms with van der Waals surface area (Å²) in [6, 6.07) is 0. The van der Waals surface area contributed by atoms with Crippen LogP contribution in [0.15, 0.2) is 72.9 Å². The van der Waals surface area contributed by atoms with Crippen LogP contribution in [-0.2, 0) is 26.2 Å². The molecule has 0 amide bonds. The minimum atomic E-state index is 0. The Morgan fingerprint density at radius 1 is 0.435 bits per heavy atom. The predicted octanol–water partition coefficient (Wildman–Crippen LogP) is 6.06. The fraction of sp³-hybridized carbons (Fsp3) is 0.200. The van der Waals surface area contributed by atoms with Gasteiger partial charge in [-0.2, -0.15) is 24.3 Å². The van der Waals surface area contributed by atoms with Crippen LogP contribution in [0.3, 0.4) is 0 Å². The molecule has 0 unspecified atom stereocenters. The summed E-state index contributed by atoms with van der Waals surface area (Å²) in [6.45, 7) is 0. The molecule has 0 aromatic carbocycles. The van der Waals surface area contributed by atoms with E-state index in [1.165, 1.54) is 0 Å². The van der Waals surface area contributed by atoms with Crippen molar-refractivity contribution in [2.45, 2.75) is 25.7 Å². The van der Waals surface area contributed by atoms with Crippen molar-refractivity contribution in [3.05, 3.63) is 97.2 Å². The third-order valence-electron chi connectivity index (χ3n) is 2.34. The van der Waals surface area contributed by atoms with E-state index in [-0.39, 0.29) is 51.0 Å². The van der Waals surface area contributed by atoms with E-state index in [0.29, 0.717) is 0 Å². The van der Waals surface area contributed by atoms with Crippen LogP contribution in [0.4, 0.5) is 0 Å². The molecule has 0 atom stereocenters. The Morgan fingerprint density at radius 3 is 0.696 bits per heavy atom. The zero-order chi connectivity index (χ0) is 14.1. The van der Waals surface area contributed by atoms with Crippen molar-refractivity contribution in [2.24, 2.45) is 0 Å². The minimum absolute atomic E-state index is 0. The monoisotopic (exact) mass is 422 g/mol. The molecule has 120 valence electrons. The molecular weight excluding hydrogens is 402 g/mol. The average Bonchev–Trinajstić information content (AvgIpc) is 3.40. The predicted molar refractivity (Wildman–Crippen MR) is 101 cm³/mol. The third-order valence-corrected chi connectivity index (χ3v) is 2.34. The van der Waals surface area contributed by atoms with Gasteiger partial charge in [0.2, 0.25) is 0 Å². The molecule has 0 fully saturated rings. The second kappa shape index (κ2) is 23.6. The van der Waals surface area contributed by atoms with Crippen molar-refractivity contribution in [1.82, 2.24) is 0 Å². The fourth-order valence-electron chi connectivity index (χ4n) is 1.36. The topological polar surface area (TPSA) is 0 Å². The first-order valence-corrected chi connectivity index (χ1v) is 6.87. The normalized spacial score (nSPS) is 15.3. The number of allylic oxidation sites excluding steroid dienone is 16. The first-order chi connectivity index (χ1) is 10.0. The molecule has 0 bridgehead atoms. The van der Waals surface area contributed by atoms with Gasteiger partial charge in [-0.05, 0) is 0 Å². The molecule has 4 aliphatic carbocycles. The molecule has 0 N–H and O–H groups in total. The molecule has 0 aromatic heterocycles. The molecule has 0 saturated carbocycles. The van der Waals surface area contributed by atoms with E-state index < -0.39 is 0 Å². The van der Waals surface area contributed by atoms with Gasteiger partial charge in [-0.15, -0.1) is 50.5 Å². The van der Waals surface area contributed by atoms with Crippen LogP contribution in [0.2, 0.25) is 0 Å². The summed E-state index contributed by atoms with van der Waals surface area (Å²) in [4.78, 5) is 0. The SMILES string of the molecule is Cl.Cl.[C-]1=CC=CC1.[C-]1=CC=CC1.[C-]1=CC=CC1.[C-]1=CC=CC1.[Zr+4]. The van der Waals surface area contributed by atoms with E-state index in [1.807, 2.05) is 48.6 Å². The zero-order valence-corrected chi connectivity index (χ0v) is 17.2. The maximum absolute atomic E-state index is 2.99. The Kier molecular flexibility index (Phi) is 28.0. The number of rotatable bonds is 0. The summed E-state index contributed by atoms with van der Waals surface area (Å²) >= 11 is 0. The van der Waals surface area contributed by atoms with Gasteiger partial charge in [0.1, 0.15) is 0 Å². The Morgan fingerprint density at radius 2 is 0.652 bits per heavy atom. The van der Waals surface area contributed by atoms with Gasteiger partial charge in [-0.1, -0.05) is 0 Å². The summed E-state index contributed by atoms with van der Waals surface area (Å²) < 4.78 is 0. The molecule has 23 heavy (non-hydrogen) atoms. The molecule has 4 aliphatic rings. The van der Waals surface area contributed by atoms with Gasteiger partial charge in [0.05, 0.1) is 0 Å². The Bertz CT molecular complexity index is 336. The molecule has 0 aromatic rings. The largest absolute Gasteiger partial charge is 4.00 e. The van der Waals surface area contributed by atoms with Crippen molar-refractivity contribution in [1.29, 1.82) is 0 Å². The second-order valence-corrected chi connectivity index (χ2v) is 4.01. The van der Waals surface area contributed by atoms with Crippen molar-refractivity contribution >= 4 is 24.8 Å². The molecule has 0 heterocycles. The average molecular weight is 425 g/mol. The standard InChI is InChI=1S/4C5H5.2ClH.Zr/c4*1-2-4-5-3-1;;;/h4*1-3H,4H2;2*1H;/q4*-1;;;+4. The fourth-order valence-corrected chi connectivity index (χ4v) is 1.36. The maximum atomic E-state index is 2.99. The molecular formula is C20H22Cl2Zr. The molecule has 4 rings (SSSR count). The van der Waals surface area contributed by atoms with E-state index in [0.717, 1.165) is 25.7 Å². The molecule has 0 saturated heterocycles. The van der Waals surface area contributed by atoms with Crippen molar-refractivity contribution in [2.75, 3.05) is 0 Å². The Hall–Kier alpha value is -0.617. The van der Waals surface area contributed by atoms with Gasteiger partial charge < -0.3 is 0 Å². The van der Waals surface area contributed by atoms with Gasteiger partial charge in [-0.3, -0.25) is 24.3 Å². The molecule has 3 heteroatoms. The van der Waals surface area contributed by atoms with Crippen molar-refractivity contribution in [3.8, 4) is 0 Å². The molecule has 0 aliphatic heterocycles. The van der Waals surface area contributed by atoms with Crippen LogP contribution in [0.25, 0.3) is 0 Å². The summed E-state index contributed by atoms with van der Waals surface area (Å²) in [6.07, 6.45) is 40.0. The van der Waals surface area contributed by atoms with Crippen molar-refractivity contribution < 1.29 is 26.2 Å². The maximum Gasteiger partial charge on any atom is 4.00 e. The zero-order valence-electron chi connectivity index (χ0n) is 13.1. The van der Waals surface area contributed by atoms with Gasteiger partial charge in [0, 0.05) is 0 Å². The minimum Gasteiger partial charge on any atom is -0.273 e. The number of hydrogen-bond donors (Lipinski definition) is 0. The van der Waals surface area contributed by atoms with E-state index in [9.17, 15) is 0 Å². The Labute approximate surface area is 173 Å². The quantitative estimate of drug-likeness (QED) is 0.415. The summed E-state index contributed by atoms with van der Waals surface area (Å²) in [7, 11) is 0. The summed E-state index contributed by atoms with van der Waals surface area (Å²) in [5.41, 5.74) is 0. The summed E-state index contributed by atoms with van der Waals surface area (Å²) in [5, 5.41) is 0. The van der Waals surface area contributed by atoms with E-state index >= 15 is 0 Å². The van der Waals surface area contributed by atoms with Gasteiger partial charge in [0.25, 0.3) is 0 Å². The molecule has 0 radical (unpaired) electrons. The molecule has 0 nitrogen and oxygen atoms in total. The van der Waals surface area contributed by atoms with E-state index in [2.05, 4.69) is 48.6 Å². The first kappa shape index (κ1) is 27.2. The van der Waals surface area contributed by atoms with E-state index in [1.54, 1.807) is 0 Å². The van der Waals surface area contributed by atoms with Crippen LogP contribution in [0.1, 0.15) is 25.7 Å². The van der Waals surface area contributed by atoms with Crippen LogP contribution >= 0.6 is 24.8 Å². The first-order valence-electron chi connectivity index (χ1n) is 6.87. The Balaban J connectivity index is -0.000000222.